The summed E-state index contributed by atoms with van der Waals surface area (Å²) in [5, 5.41) is 2.61. The number of carbonyl (C=O) groups excluding carboxylic acids is 1. The van der Waals surface area contributed by atoms with Crippen LogP contribution in [-0.2, 0) is 9.53 Å². The molecule has 1 heterocycles. The van der Waals surface area contributed by atoms with E-state index >= 15 is 0 Å². The minimum Gasteiger partial charge on any atom is -0.493 e. The number of halogens is 1. The number of carbonyl (C=O) groups is 1. The van der Waals surface area contributed by atoms with Gasteiger partial charge in [-0.15, -0.1) is 0 Å². The Hall–Kier alpha value is -1.82. The number of aryl methyl sites for hydroxylation is 1. The molecule has 0 atom stereocenters. The molecule has 6 nitrogen and oxygen atoms in total. The number of benzene rings is 2. The number of thiocarbonyl (C=S) groups is 1. The molecule has 1 aliphatic rings. The van der Waals surface area contributed by atoms with Crippen molar-refractivity contribution in [2.45, 2.75) is 6.92 Å². The summed E-state index contributed by atoms with van der Waals surface area (Å²) in [5.41, 5.74) is 2.03. The van der Waals surface area contributed by atoms with Crippen molar-refractivity contribution in [1.29, 1.82) is 0 Å². The Balaban J connectivity index is 1.47. The van der Waals surface area contributed by atoms with Gasteiger partial charge in [0.2, 0.25) is 0 Å². The second-order valence-electron chi connectivity index (χ2n) is 6.51. The predicted molar refractivity (Wildman–Crippen MR) is 135 cm³/mol. The summed E-state index contributed by atoms with van der Waals surface area (Å²) < 4.78 is 23.9. The molecule has 0 spiro atoms. The SMILES string of the molecule is COc1cc(/C=C2/SC(=S)NC2=O)cc(I)c1OCCOCCOc1ccc(C)cc1. The maximum atomic E-state index is 11.9. The summed E-state index contributed by atoms with van der Waals surface area (Å²) in [6.07, 6.45) is 1.78. The molecule has 31 heavy (non-hydrogen) atoms. The maximum absolute atomic E-state index is 11.9. The van der Waals surface area contributed by atoms with E-state index in [0.717, 1.165) is 14.9 Å². The van der Waals surface area contributed by atoms with Gasteiger partial charge in [0.1, 0.15) is 23.3 Å². The lowest BCUT2D eigenvalue weighted by Crippen LogP contribution is -2.17. The molecule has 1 aliphatic heterocycles. The van der Waals surface area contributed by atoms with Crippen molar-refractivity contribution in [3.05, 3.63) is 56.0 Å². The molecule has 2 aromatic carbocycles. The van der Waals surface area contributed by atoms with Crippen LogP contribution in [0.25, 0.3) is 6.08 Å². The van der Waals surface area contributed by atoms with Gasteiger partial charge >= 0.3 is 0 Å². The lowest BCUT2D eigenvalue weighted by Gasteiger charge is -2.14. The third-order valence-electron chi connectivity index (χ3n) is 4.18. The van der Waals surface area contributed by atoms with Gasteiger partial charge in [0.25, 0.3) is 5.91 Å². The van der Waals surface area contributed by atoms with Crippen molar-refractivity contribution in [2.75, 3.05) is 33.5 Å². The summed E-state index contributed by atoms with van der Waals surface area (Å²) in [4.78, 5) is 12.4. The molecule has 9 heteroatoms. The lowest BCUT2D eigenvalue weighted by atomic mass is 10.2. The van der Waals surface area contributed by atoms with Gasteiger partial charge < -0.3 is 24.3 Å². The molecule has 1 saturated heterocycles. The molecule has 0 aromatic heterocycles. The van der Waals surface area contributed by atoms with Gasteiger partial charge in [0.15, 0.2) is 11.5 Å². The molecule has 1 fully saturated rings. The summed E-state index contributed by atoms with van der Waals surface area (Å²) >= 11 is 8.45. The highest BCUT2D eigenvalue weighted by Crippen LogP contribution is 2.35. The molecule has 1 amide bonds. The van der Waals surface area contributed by atoms with Gasteiger partial charge in [-0.2, -0.15) is 0 Å². The Bertz CT molecular complexity index is 979. The largest absolute Gasteiger partial charge is 0.493 e. The molecule has 0 bridgehead atoms. The summed E-state index contributed by atoms with van der Waals surface area (Å²) in [5.74, 6) is 1.87. The Morgan fingerprint density at radius 2 is 1.81 bits per heavy atom. The van der Waals surface area contributed by atoms with Crippen LogP contribution in [0.3, 0.4) is 0 Å². The zero-order chi connectivity index (χ0) is 22.2. The van der Waals surface area contributed by atoms with Crippen molar-refractivity contribution in [3.63, 3.8) is 0 Å². The number of hydrogen-bond acceptors (Lipinski definition) is 7. The number of nitrogens with one attached hydrogen (secondary N) is 1. The van der Waals surface area contributed by atoms with E-state index < -0.39 is 0 Å². The number of thioether (sulfide) groups is 1. The van der Waals surface area contributed by atoms with Crippen LogP contribution < -0.4 is 19.5 Å². The Morgan fingerprint density at radius 1 is 1.10 bits per heavy atom. The van der Waals surface area contributed by atoms with E-state index in [9.17, 15) is 4.79 Å². The molecule has 3 rings (SSSR count). The van der Waals surface area contributed by atoms with Crippen molar-refractivity contribution < 1.29 is 23.7 Å². The van der Waals surface area contributed by atoms with Gasteiger partial charge in [-0.3, -0.25) is 4.79 Å². The number of methoxy groups -OCH3 is 1. The van der Waals surface area contributed by atoms with Crippen molar-refractivity contribution in [2.24, 2.45) is 0 Å². The van der Waals surface area contributed by atoms with Crippen LogP contribution in [0.4, 0.5) is 0 Å². The van der Waals surface area contributed by atoms with E-state index in [1.807, 2.05) is 43.3 Å². The zero-order valence-corrected chi connectivity index (χ0v) is 20.9. The molecular weight excluding hydrogens is 549 g/mol. The van der Waals surface area contributed by atoms with E-state index in [4.69, 9.17) is 31.2 Å². The van der Waals surface area contributed by atoms with Crippen LogP contribution in [-0.4, -0.2) is 43.8 Å². The van der Waals surface area contributed by atoms with Crippen molar-refractivity contribution in [1.82, 2.24) is 5.32 Å². The van der Waals surface area contributed by atoms with Crippen LogP contribution in [0.5, 0.6) is 17.2 Å². The number of ether oxygens (including phenoxy) is 4. The molecule has 0 unspecified atom stereocenters. The summed E-state index contributed by atoms with van der Waals surface area (Å²) in [6.45, 7) is 3.79. The van der Waals surface area contributed by atoms with E-state index in [1.165, 1.54) is 17.3 Å². The van der Waals surface area contributed by atoms with Gasteiger partial charge in [-0.1, -0.05) is 41.7 Å². The monoisotopic (exact) mass is 571 g/mol. The van der Waals surface area contributed by atoms with Crippen LogP contribution >= 0.6 is 46.6 Å². The predicted octanol–water partition coefficient (Wildman–Crippen LogP) is 4.57. The van der Waals surface area contributed by atoms with Gasteiger partial charge in [-0.25, -0.2) is 0 Å². The highest BCUT2D eigenvalue weighted by atomic mass is 127. The van der Waals surface area contributed by atoms with E-state index in [2.05, 4.69) is 27.9 Å². The minimum absolute atomic E-state index is 0.187. The molecule has 0 saturated carbocycles. The lowest BCUT2D eigenvalue weighted by molar-refractivity contribution is -0.115. The van der Waals surface area contributed by atoms with Crippen LogP contribution in [0.15, 0.2) is 41.3 Å². The second kappa shape index (κ2) is 11.7. The highest BCUT2D eigenvalue weighted by molar-refractivity contribution is 14.1. The van der Waals surface area contributed by atoms with Crippen molar-refractivity contribution in [3.8, 4) is 17.2 Å². The summed E-state index contributed by atoms with van der Waals surface area (Å²) in [6, 6.07) is 11.7. The molecule has 0 radical (unpaired) electrons. The Kier molecular flexibility index (Phi) is 9.00. The molecular formula is C22H22INO5S2. The standard InChI is InChI=1S/C22H22INO5S2/c1-14-3-5-16(6-4-14)28-9-7-27-8-10-29-20-17(23)11-15(12-18(20)26-2)13-19-21(25)24-22(30)31-19/h3-6,11-13H,7-10H2,1-2H3,(H,24,25,30)/b19-13+. The quantitative estimate of drug-likeness (QED) is 0.194. The van der Waals surface area contributed by atoms with E-state index in [0.29, 0.717) is 47.2 Å². The number of amides is 1. The zero-order valence-electron chi connectivity index (χ0n) is 17.1. The van der Waals surface area contributed by atoms with Crippen LogP contribution in [0.2, 0.25) is 0 Å². The molecule has 1 N–H and O–H groups in total. The first kappa shape index (κ1) is 23.8. The van der Waals surface area contributed by atoms with Gasteiger partial charge in [0, 0.05) is 0 Å². The average Bonchev–Trinajstić information content (AvgIpc) is 3.06. The molecule has 0 aliphatic carbocycles. The second-order valence-corrected chi connectivity index (χ2v) is 9.39. The maximum Gasteiger partial charge on any atom is 0.263 e. The first-order valence-electron chi connectivity index (χ1n) is 9.48. The first-order chi connectivity index (χ1) is 15.0. The molecule has 2 aromatic rings. The Labute approximate surface area is 204 Å². The third-order valence-corrected chi connectivity index (χ3v) is 6.15. The van der Waals surface area contributed by atoms with E-state index in [1.54, 1.807) is 13.2 Å². The molecule has 164 valence electrons. The fourth-order valence-electron chi connectivity index (χ4n) is 2.69. The first-order valence-corrected chi connectivity index (χ1v) is 11.8. The van der Waals surface area contributed by atoms with Crippen molar-refractivity contribution >= 4 is 62.9 Å². The third kappa shape index (κ3) is 7.09. The average molecular weight is 571 g/mol. The number of rotatable bonds is 10. The smallest absolute Gasteiger partial charge is 0.263 e. The minimum atomic E-state index is -0.187. The van der Waals surface area contributed by atoms with Crippen LogP contribution in [0, 0.1) is 10.5 Å². The number of hydrogen-bond donors (Lipinski definition) is 1. The highest BCUT2D eigenvalue weighted by Gasteiger charge is 2.22. The normalized spacial score (nSPS) is 14.6. The van der Waals surface area contributed by atoms with Crippen LogP contribution in [0.1, 0.15) is 11.1 Å². The van der Waals surface area contributed by atoms with Gasteiger partial charge in [-0.05, 0) is 65.4 Å². The topological polar surface area (TPSA) is 66.0 Å². The summed E-state index contributed by atoms with van der Waals surface area (Å²) in [7, 11) is 1.58. The van der Waals surface area contributed by atoms with Gasteiger partial charge in [0.05, 0.1) is 28.8 Å². The Morgan fingerprint density at radius 3 is 2.45 bits per heavy atom. The fourth-order valence-corrected chi connectivity index (χ4v) is 4.52. The van der Waals surface area contributed by atoms with E-state index in [-0.39, 0.29) is 5.91 Å². The fraction of sp³-hybridized carbons (Fsp3) is 0.273.